The molecule has 1 aliphatic rings. The van der Waals surface area contributed by atoms with E-state index in [0.29, 0.717) is 27.8 Å². The number of aromatic nitrogens is 2. The smallest absolute Gasteiger partial charge is 0.263 e. The third-order valence-electron chi connectivity index (χ3n) is 6.58. The molecular formula is C26H25F2N3O4. The molecule has 4 aromatic rings. The summed E-state index contributed by atoms with van der Waals surface area (Å²) < 4.78 is 41.2. The van der Waals surface area contributed by atoms with Crippen LogP contribution in [0.25, 0.3) is 27.4 Å². The van der Waals surface area contributed by atoms with Gasteiger partial charge in [-0.05, 0) is 50.1 Å². The highest BCUT2D eigenvalue weighted by molar-refractivity contribution is 6.07. The summed E-state index contributed by atoms with van der Waals surface area (Å²) in [6, 6.07) is 7.93. The van der Waals surface area contributed by atoms with E-state index in [2.05, 4.69) is 4.98 Å². The number of amides is 1. The highest BCUT2D eigenvalue weighted by Crippen LogP contribution is 2.34. The van der Waals surface area contributed by atoms with Crippen LogP contribution in [0.1, 0.15) is 28.9 Å². The first-order valence-corrected chi connectivity index (χ1v) is 11.3. The van der Waals surface area contributed by atoms with Crippen LogP contribution in [0.5, 0.6) is 11.5 Å². The lowest BCUT2D eigenvalue weighted by Gasteiger charge is -2.29. The van der Waals surface area contributed by atoms with E-state index in [-0.39, 0.29) is 48.5 Å². The second-order valence-corrected chi connectivity index (χ2v) is 8.75. The maximum absolute atomic E-state index is 15.6. The van der Waals surface area contributed by atoms with E-state index in [4.69, 9.17) is 9.47 Å². The van der Waals surface area contributed by atoms with Crippen LogP contribution in [0.2, 0.25) is 0 Å². The van der Waals surface area contributed by atoms with E-state index < -0.39 is 17.5 Å². The second kappa shape index (κ2) is 8.72. The first-order chi connectivity index (χ1) is 16.8. The Hall–Kier alpha value is -3.88. The number of hydrogen-bond donors (Lipinski definition) is 1. The first-order valence-electron chi connectivity index (χ1n) is 11.3. The summed E-state index contributed by atoms with van der Waals surface area (Å²) in [6.07, 6.45) is 0.918. The van der Waals surface area contributed by atoms with Gasteiger partial charge in [0, 0.05) is 41.3 Å². The molecule has 1 fully saturated rings. The Morgan fingerprint density at radius 3 is 2.34 bits per heavy atom. The second-order valence-electron chi connectivity index (χ2n) is 8.75. The average Bonchev–Trinajstić information content (AvgIpc) is 3.25. The van der Waals surface area contributed by atoms with Crippen LogP contribution in [0.15, 0.2) is 41.3 Å². The number of hydrogen-bond acceptors (Lipinski definition) is 4. The van der Waals surface area contributed by atoms with Gasteiger partial charge >= 0.3 is 0 Å². The van der Waals surface area contributed by atoms with Crippen molar-refractivity contribution >= 4 is 27.6 Å². The SMILES string of the molecule is COc1cc2c(C(=O)N3CCC(F)CC3)cn(-c3ccc4[nH]c(C)cc4c3F)c(=O)c2cc1OC. The number of likely N-dealkylation sites (tertiary alicyclic amines) is 1. The normalized spacial score (nSPS) is 14.6. The number of halogens is 2. The molecule has 1 N–H and O–H groups in total. The largest absolute Gasteiger partial charge is 0.493 e. The lowest BCUT2D eigenvalue weighted by molar-refractivity contribution is 0.0668. The monoisotopic (exact) mass is 481 g/mol. The van der Waals surface area contributed by atoms with Gasteiger partial charge in [-0.1, -0.05) is 0 Å². The predicted octanol–water partition coefficient (Wildman–Crippen LogP) is 4.51. The molecule has 3 heterocycles. The van der Waals surface area contributed by atoms with Gasteiger partial charge in [0.2, 0.25) is 0 Å². The van der Waals surface area contributed by atoms with E-state index in [0.717, 1.165) is 10.3 Å². The molecule has 0 saturated carbocycles. The minimum Gasteiger partial charge on any atom is -0.493 e. The molecule has 0 radical (unpaired) electrons. The molecule has 7 nitrogen and oxygen atoms in total. The first kappa shape index (κ1) is 22.9. The van der Waals surface area contributed by atoms with Crippen LogP contribution in [-0.4, -0.2) is 53.8 Å². The molecule has 182 valence electrons. The van der Waals surface area contributed by atoms with Crippen molar-refractivity contribution < 1.29 is 23.0 Å². The van der Waals surface area contributed by atoms with Crippen molar-refractivity contribution in [3.63, 3.8) is 0 Å². The van der Waals surface area contributed by atoms with Gasteiger partial charge in [0.15, 0.2) is 17.3 Å². The molecule has 0 aliphatic carbocycles. The number of fused-ring (bicyclic) bond motifs is 2. The molecule has 5 rings (SSSR count). The number of pyridine rings is 1. The number of nitrogens with one attached hydrogen (secondary N) is 1. The van der Waals surface area contributed by atoms with Crippen molar-refractivity contribution in [1.29, 1.82) is 0 Å². The zero-order valence-corrected chi connectivity index (χ0v) is 19.7. The van der Waals surface area contributed by atoms with Crippen LogP contribution in [0, 0.1) is 12.7 Å². The quantitative estimate of drug-likeness (QED) is 0.465. The van der Waals surface area contributed by atoms with Crippen LogP contribution in [0.3, 0.4) is 0 Å². The molecule has 1 saturated heterocycles. The fourth-order valence-corrected chi connectivity index (χ4v) is 4.72. The summed E-state index contributed by atoms with van der Waals surface area (Å²) in [4.78, 5) is 31.8. The van der Waals surface area contributed by atoms with Gasteiger partial charge in [-0.3, -0.25) is 14.2 Å². The summed E-state index contributed by atoms with van der Waals surface area (Å²) in [7, 11) is 2.90. The Kier molecular flexibility index (Phi) is 5.70. The van der Waals surface area contributed by atoms with Crippen LogP contribution in [-0.2, 0) is 0 Å². The Morgan fingerprint density at radius 1 is 1.03 bits per heavy atom. The van der Waals surface area contributed by atoms with Gasteiger partial charge in [0.25, 0.3) is 11.5 Å². The summed E-state index contributed by atoms with van der Waals surface area (Å²) in [6.45, 7) is 2.34. The minimum absolute atomic E-state index is 0.0229. The highest BCUT2D eigenvalue weighted by Gasteiger charge is 2.27. The van der Waals surface area contributed by atoms with Gasteiger partial charge in [-0.2, -0.15) is 0 Å². The summed E-state index contributed by atoms with van der Waals surface area (Å²) in [5.41, 5.74) is 1.10. The fourth-order valence-electron chi connectivity index (χ4n) is 4.72. The number of alkyl halides is 1. The summed E-state index contributed by atoms with van der Waals surface area (Å²) in [5, 5.41) is 0.881. The minimum atomic E-state index is -0.945. The molecule has 0 atom stereocenters. The van der Waals surface area contributed by atoms with Crippen LogP contribution in [0.4, 0.5) is 8.78 Å². The number of carbonyl (C=O) groups excluding carboxylic acids is 1. The Balaban J connectivity index is 1.78. The number of aromatic amines is 1. The number of piperidine rings is 1. The van der Waals surface area contributed by atoms with Gasteiger partial charge in [-0.25, -0.2) is 8.78 Å². The maximum Gasteiger partial charge on any atom is 0.263 e. The number of ether oxygens (including phenoxy) is 2. The van der Waals surface area contributed by atoms with Gasteiger partial charge in [-0.15, -0.1) is 0 Å². The maximum atomic E-state index is 15.6. The molecule has 35 heavy (non-hydrogen) atoms. The third kappa shape index (κ3) is 3.80. The molecule has 2 aromatic heterocycles. The number of methoxy groups -OCH3 is 2. The average molecular weight is 481 g/mol. The van der Waals surface area contributed by atoms with E-state index in [1.54, 1.807) is 23.1 Å². The Labute approximate surface area is 199 Å². The molecule has 1 aliphatic heterocycles. The van der Waals surface area contributed by atoms with Crippen molar-refractivity contribution in [2.45, 2.75) is 25.9 Å². The standard InChI is InChI=1S/C26H25F2N3O4/c1-14-10-18-20(29-14)4-5-21(24(18)28)31-13-19(25(32)30-8-6-15(27)7-9-30)16-11-22(34-2)23(35-3)12-17(16)26(31)33/h4-5,10-13,15,29H,6-9H2,1-3H3. The van der Waals surface area contributed by atoms with Crippen molar-refractivity contribution in [2.75, 3.05) is 27.3 Å². The molecule has 1 amide bonds. The number of nitrogens with zero attached hydrogens (tertiary/aromatic N) is 2. The van der Waals surface area contributed by atoms with E-state index in [1.807, 2.05) is 6.92 Å². The summed E-state index contributed by atoms with van der Waals surface area (Å²) in [5.74, 6) is -0.278. The van der Waals surface area contributed by atoms with Gasteiger partial charge in [0.05, 0.1) is 30.9 Å². The van der Waals surface area contributed by atoms with Crippen molar-refractivity contribution in [3.8, 4) is 17.2 Å². The third-order valence-corrected chi connectivity index (χ3v) is 6.58. The van der Waals surface area contributed by atoms with Crippen LogP contribution < -0.4 is 15.0 Å². The molecule has 0 spiro atoms. The van der Waals surface area contributed by atoms with Crippen LogP contribution >= 0.6 is 0 Å². The molecular weight excluding hydrogens is 456 g/mol. The topological polar surface area (TPSA) is 76.6 Å². The van der Waals surface area contributed by atoms with E-state index >= 15 is 4.39 Å². The number of H-pyrrole nitrogens is 1. The molecule has 0 bridgehead atoms. The van der Waals surface area contributed by atoms with Crippen molar-refractivity contribution in [3.05, 3.63) is 64.0 Å². The number of benzene rings is 2. The predicted molar refractivity (Wildman–Crippen MR) is 129 cm³/mol. The fraction of sp³-hybridized carbons (Fsp3) is 0.308. The van der Waals surface area contributed by atoms with Gasteiger partial charge < -0.3 is 19.4 Å². The molecule has 9 heteroatoms. The Bertz CT molecular complexity index is 1520. The lowest BCUT2D eigenvalue weighted by atomic mass is 10.0. The highest BCUT2D eigenvalue weighted by atomic mass is 19.1. The van der Waals surface area contributed by atoms with Crippen molar-refractivity contribution in [2.24, 2.45) is 0 Å². The van der Waals surface area contributed by atoms with E-state index in [1.165, 1.54) is 32.5 Å². The van der Waals surface area contributed by atoms with Crippen molar-refractivity contribution in [1.82, 2.24) is 14.5 Å². The number of rotatable bonds is 4. The molecule has 2 aromatic carbocycles. The zero-order valence-electron chi connectivity index (χ0n) is 19.7. The molecule has 0 unspecified atom stereocenters. The zero-order chi connectivity index (χ0) is 24.9. The van der Waals surface area contributed by atoms with E-state index in [9.17, 15) is 14.0 Å². The lowest BCUT2D eigenvalue weighted by Crippen LogP contribution is -2.39. The number of carbonyl (C=O) groups is 1. The number of aryl methyl sites for hydroxylation is 1. The summed E-state index contributed by atoms with van der Waals surface area (Å²) >= 11 is 0. The van der Waals surface area contributed by atoms with Gasteiger partial charge in [0.1, 0.15) is 6.17 Å². The Morgan fingerprint density at radius 2 is 1.69 bits per heavy atom.